The van der Waals surface area contributed by atoms with Gasteiger partial charge in [0, 0.05) is 13.3 Å². The number of rotatable bonds is 7. The molecule has 3 atom stereocenters. The molecule has 1 aliphatic rings. The van der Waals surface area contributed by atoms with Crippen LogP contribution >= 0.6 is 0 Å². The summed E-state index contributed by atoms with van der Waals surface area (Å²) >= 11 is 0. The first-order valence-electron chi connectivity index (χ1n) is 6.72. The highest BCUT2D eigenvalue weighted by molar-refractivity contribution is 5.92. The summed E-state index contributed by atoms with van der Waals surface area (Å²) in [5.74, 6) is 0.416. The first-order valence-corrected chi connectivity index (χ1v) is 6.72. The van der Waals surface area contributed by atoms with Crippen molar-refractivity contribution in [2.45, 2.75) is 51.1 Å². The van der Waals surface area contributed by atoms with E-state index < -0.39 is 18.0 Å². The molecule has 0 bridgehead atoms. The number of unbranched alkanes of at least 4 members (excludes halogenated alkanes) is 1. The van der Waals surface area contributed by atoms with Crippen molar-refractivity contribution in [3.05, 3.63) is 24.7 Å². The standard InChI is InChI=1S/C14H24FN3O2/c1-5-6-8-14(3,20-4)12(19)13(15)18-9-7-11(16)17-10(18)2/h7,9,12-13,19H,2,5-6,8H2,1,3-4H3,(H2,16,17)/t12-,13-,14?/m0/s1. The smallest absolute Gasteiger partial charge is 0.206 e. The molecule has 0 aromatic heterocycles. The Balaban J connectivity index is 2.82. The van der Waals surface area contributed by atoms with E-state index in [1.54, 1.807) is 6.92 Å². The highest BCUT2D eigenvalue weighted by atomic mass is 19.1. The van der Waals surface area contributed by atoms with Gasteiger partial charge in [0.25, 0.3) is 0 Å². The molecule has 5 nitrogen and oxygen atoms in total. The molecule has 3 N–H and O–H groups in total. The SMILES string of the molecule is C=C1N=C(N)C=CN1[C@H](F)[C@H](O)C(C)(CCCC)OC. The van der Waals surface area contributed by atoms with E-state index >= 15 is 0 Å². The second-order valence-electron chi connectivity index (χ2n) is 5.11. The molecule has 6 heteroatoms. The Bertz CT molecular complexity index is 411. The lowest BCUT2D eigenvalue weighted by atomic mass is 9.91. The zero-order valence-electron chi connectivity index (χ0n) is 12.3. The first kappa shape index (κ1) is 16.7. The molecule has 20 heavy (non-hydrogen) atoms. The number of hydrogen-bond donors (Lipinski definition) is 2. The Morgan fingerprint density at radius 2 is 2.30 bits per heavy atom. The molecule has 0 spiro atoms. The van der Waals surface area contributed by atoms with Crippen LogP contribution in [0.15, 0.2) is 29.7 Å². The number of halogens is 1. The van der Waals surface area contributed by atoms with Crippen molar-refractivity contribution in [1.82, 2.24) is 4.90 Å². The molecular formula is C14H24FN3O2. The zero-order chi connectivity index (χ0) is 15.3. The normalized spacial score (nSPS) is 21.4. The van der Waals surface area contributed by atoms with Gasteiger partial charge in [-0.3, -0.25) is 0 Å². The minimum atomic E-state index is -1.70. The van der Waals surface area contributed by atoms with Crippen LogP contribution in [0.1, 0.15) is 33.1 Å². The second kappa shape index (κ2) is 6.85. The van der Waals surface area contributed by atoms with Crippen molar-refractivity contribution < 1.29 is 14.2 Å². The van der Waals surface area contributed by atoms with E-state index in [4.69, 9.17) is 10.5 Å². The number of nitrogens with zero attached hydrogens (tertiary/aromatic N) is 2. The summed E-state index contributed by atoms with van der Waals surface area (Å²) in [5.41, 5.74) is 4.55. The van der Waals surface area contributed by atoms with Crippen LogP contribution < -0.4 is 5.73 Å². The molecule has 114 valence electrons. The van der Waals surface area contributed by atoms with Crippen LogP contribution in [0.3, 0.4) is 0 Å². The van der Waals surface area contributed by atoms with E-state index in [2.05, 4.69) is 11.6 Å². The van der Waals surface area contributed by atoms with Crippen LogP contribution in [-0.2, 0) is 4.74 Å². The van der Waals surface area contributed by atoms with Crippen molar-refractivity contribution in [2.75, 3.05) is 7.11 Å². The number of alkyl halides is 1. The number of amidine groups is 1. The van der Waals surface area contributed by atoms with Gasteiger partial charge in [-0.2, -0.15) is 0 Å². The van der Waals surface area contributed by atoms with Crippen LogP contribution in [0.2, 0.25) is 0 Å². The van der Waals surface area contributed by atoms with Crippen LogP contribution in [-0.4, -0.2) is 41.0 Å². The maximum absolute atomic E-state index is 14.5. The minimum Gasteiger partial charge on any atom is -0.385 e. The van der Waals surface area contributed by atoms with E-state index in [1.807, 2.05) is 6.92 Å². The highest BCUT2D eigenvalue weighted by Crippen LogP contribution is 2.29. The predicted octanol–water partition coefficient (Wildman–Crippen LogP) is 1.90. The highest BCUT2D eigenvalue weighted by Gasteiger charge is 2.41. The largest absolute Gasteiger partial charge is 0.385 e. The maximum atomic E-state index is 14.5. The van der Waals surface area contributed by atoms with Gasteiger partial charge in [0.05, 0.1) is 5.60 Å². The summed E-state index contributed by atoms with van der Waals surface area (Å²) < 4.78 is 19.9. The summed E-state index contributed by atoms with van der Waals surface area (Å²) in [5, 5.41) is 10.3. The summed E-state index contributed by atoms with van der Waals surface area (Å²) in [6.45, 7) is 7.37. The van der Waals surface area contributed by atoms with Gasteiger partial charge in [-0.15, -0.1) is 0 Å². The van der Waals surface area contributed by atoms with Gasteiger partial charge in [0.15, 0.2) is 0 Å². The lowest BCUT2D eigenvalue weighted by Gasteiger charge is -2.38. The van der Waals surface area contributed by atoms with Crippen molar-refractivity contribution >= 4 is 5.84 Å². The molecule has 1 rings (SSSR count). The summed E-state index contributed by atoms with van der Waals surface area (Å²) in [6.07, 6.45) is 2.22. The first-order chi connectivity index (χ1) is 9.35. The average molecular weight is 285 g/mol. The molecule has 0 amide bonds. The van der Waals surface area contributed by atoms with Gasteiger partial charge in [-0.05, 0) is 19.4 Å². The number of aliphatic hydroxyl groups is 1. The van der Waals surface area contributed by atoms with E-state index in [0.717, 1.165) is 17.7 Å². The monoisotopic (exact) mass is 285 g/mol. The van der Waals surface area contributed by atoms with Gasteiger partial charge < -0.3 is 20.5 Å². The van der Waals surface area contributed by atoms with Gasteiger partial charge >= 0.3 is 0 Å². The molecule has 0 fully saturated rings. The van der Waals surface area contributed by atoms with E-state index in [9.17, 15) is 9.50 Å². The number of nitrogens with two attached hydrogens (primary N) is 1. The van der Waals surface area contributed by atoms with Gasteiger partial charge in [-0.25, -0.2) is 9.38 Å². The van der Waals surface area contributed by atoms with Crippen molar-refractivity contribution in [2.24, 2.45) is 10.7 Å². The molecule has 0 radical (unpaired) electrons. The Labute approximate surface area is 119 Å². The fourth-order valence-electron chi connectivity index (χ4n) is 2.05. The topological polar surface area (TPSA) is 71.1 Å². The third-order valence-corrected chi connectivity index (χ3v) is 3.61. The molecule has 0 saturated carbocycles. The number of aliphatic imine (C=N–C) groups is 1. The van der Waals surface area contributed by atoms with Crippen LogP contribution in [0, 0.1) is 0 Å². The predicted molar refractivity (Wildman–Crippen MR) is 77.6 cm³/mol. The van der Waals surface area contributed by atoms with Gasteiger partial charge in [-0.1, -0.05) is 26.3 Å². The molecule has 1 unspecified atom stereocenters. The number of methoxy groups -OCH3 is 1. The third kappa shape index (κ3) is 3.58. The fraction of sp³-hybridized carbons (Fsp3) is 0.643. The van der Waals surface area contributed by atoms with Crippen molar-refractivity contribution in [1.29, 1.82) is 0 Å². The Kier molecular flexibility index (Phi) is 5.71. The van der Waals surface area contributed by atoms with Gasteiger partial charge in [0.2, 0.25) is 6.30 Å². The molecule has 0 saturated heterocycles. The Morgan fingerprint density at radius 1 is 1.65 bits per heavy atom. The summed E-state index contributed by atoms with van der Waals surface area (Å²) in [6, 6.07) is 0. The van der Waals surface area contributed by atoms with E-state index in [0.29, 0.717) is 6.42 Å². The summed E-state index contributed by atoms with van der Waals surface area (Å²) in [7, 11) is 1.47. The molecule has 1 heterocycles. The average Bonchev–Trinajstić information content (AvgIpc) is 2.43. The third-order valence-electron chi connectivity index (χ3n) is 3.61. The second-order valence-corrected chi connectivity index (χ2v) is 5.11. The Hall–Kier alpha value is -1.40. The van der Waals surface area contributed by atoms with E-state index in [1.165, 1.54) is 19.4 Å². The van der Waals surface area contributed by atoms with Crippen molar-refractivity contribution in [3.8, 4) is 0 Å². The molecule has 0 aromatic rings. The van der Waals surface area contributed by atoms with Crippen LogP contribution in [0.5, 0.6) is 0 Å². The van der Waals surface area contributed by atoms with Crippen molar-refractivity contribution in [3.63, 3.8) is 0 Å². The minimum absolute atomic E-state index is 0.158. The molecular weight excluding hydrogens is 261 g/mol. The lowest BCUT2D eigenvalue weighted by molar-refractivity contribution is -0.143. The summed E-state index contributed by atoms with van der Waals surface area (Å²) in [4.78, 5) is 5.04. The fourth-order valence-corrected chi connectivity index (χ4v) is 2.05. The number of aliphatic hydroxyl groups excluding tert-OH is 1. The van der Waals surface area contributed by atoms with Gasteiger partial charge in [0.1, 0.15) is 17.8 Å². The molecule has 1 aliphatic heterocycles. The maximum Gasteiger partial charge on any atom is 0.206 e. The Morgan fingerprint density at radius 3 is 2.80 bits per heavy atom. The van der Waals surface area contributed by atoms with Crippen LogP contribution in [0.25, 0.3) is 0 Å². The quantitative estimate of drug-likeness (QED) is 0.701. The molecule has 0 aromatic carbocycles. The lowest BCUT2D eigenvalue weighted by Crippen LogP contribution is -2.51. The number of ether oxygens (including phenoxy) is 1. The van der Waals surface area contributed by atoms with E-state index in [-0.39, 0.29) is 11.7 Å². The number of hydrogen-bond acceptors (Lipinski definition) is 5. The zero-order valence-corrected chi connectivity index (χ0v) is 12.3. The van der Waals surface area contributed by atoms with Crippen LogP contribution in [0.4, 0.5) is 4.39 Å². The molecule has 0 aliphatic carbocycles.